The average molecular weight is 272 g/mol. The molecule has 5 nitrogen and oxygen atoms in total. The maximum absolute atomic E-state index is 11.2. The predicted octanol–water partition coefficient (Wildman–Crippen LogP) is 1.30. The van der Waals surface area contributed by atoms with Gasteiger partial charge in [-0.1, -0.05) is 0 Å². The standard InChI is InChI=1S/C12H16O5S/c1-3-17-11(15)5-9(14)12(16)8-4-10(7(2)13)18-6-8/h4,6,9,12,14,16H,3,5H2,1-2H3. The summed E-state index contributed by atoms with van der Waals surface area (Å²) in [7, 11) is 0. The van der Waals surface area contributed by atoms with Gasteiger partial charge in [-0.05, 0) is 30.9 Å². The van der Waals surface area contributed by atoms with E-state index in [1.54, 1.807) is 12.3 Å². The first-order valence-electron chi connectivity index (χ1n) is 5.56. The third kappa shape index (κ3) is 3.90. The molecule has 1 aromatic rings. The molecule has 0 aliphatic carbocycles. The van der Waals surface area contributed by atoms with E-state index in [9.17, 15) is 19.8 Å². The predicted molar refractivity (Wildman–Crippen MR) is 66.5 cm³/mol. The average Bonchev–Trinajstić information content (AvgIpc) is 2.77. The number of carbonyl (C=O) groups excluding carboxylic acids is 2. The lowest BCUT2D eigenvalue weighted by Gasteiger charge is -2.15. The Bertz CT molecular complexity index is 426. The van der Waals surface area contributed by atoms with Crippen molar-refractivity contribution < 1.29 is 24.5 Å². The lowest BCUT2D eigenvalue weighted by atomic mass is 10.0. The lowest BCUT2D eigenvalue weighted by Crippen LogP contribution is -2.22. The Morgan fingerprint density at radius 1 is 1.44 bits per heavy atom. The molecule has 18 heavy (non-hydrogen) atoms. The fourth-order valence-corrected chi connectivity index (χ4v) is 2.26. The number of ether oxygens (including phenoxy) is 1. The van der Waals surface area contributed by atoms with Crippen molar-refractivity contribution in [1.82, 2.24) is 0 Å². The third-order valence-corrected chi connectivity index (χ3v) is 3.40. The van der Waals surface area contributed by atoms with Gasteiger partial charge in [-0.2, -0.15) is 0 Å². The van der Waals surface area contributed by atoms with E-state index in [0.29, 0.717) is 10.4 Å². The number of ketones is 1. The monoisotopic (exact) mass is 272 g/mol. The smallest absolute Gasteiger partial charge is 0.308 e. The van der Waals surface area contributed by atoms with Gasteiger partial charge >= 0.3 is 5.97 Å². The Labute approximate surface area is 109 Å². The normalized spacial score (nSPS) is 14.0. The molecule has 0 amide bonds. The molecular weight excluding hydrogens is 256 g/mol. The van der Waals surface area contributed by atoms with Crippen molar-refractivity contribution in [1.29, 1.82) is 0 Å². The number of Topliss-reactive ketones (excluding diaryl/α,β-unsaturated/α-hetero) is 1. The molecule has 1 rings (SSSR count). The molecule has 1 heterocycles. The first-order chi connectivity index (χ1) is 8.45. The van der Waals surface area contributed by atoms with Crippen molar-refractivity contribution in [3.63, 3.8) is 0 Å². The van der Waals surface area contributed by atoms with Gasteiger partial charge in [-0.3, -0.25) is 9.59 Å². The summed E-state index contributed by atoms with van der Waals surface area (Å²) < 4.78 is 4.68. The highest BCUT2D eigenvalue weighted by molar-refractivity contribution is 7.12. The van der Waals surface area contributed by atoms with E-state index in [2.05, 4.69) is 4.74 Å². The number of carbonyl (C=O) groups is 2. The topological polar surface area (TPSA) is 83.8 Å². The van der Waals surface area contributed by atoms with E-state index in [4.69, 9.17) is 0 Å². The van der Waals surface area contributed by atoms with Crippen molar-refractivity contribution in [3.05, 3.63) is 21.9 Å². The highest BCUT2D eigenvalue weighted by Gasteiger charge is 2.23. The van der Waals surface area contributed by atoms with Crippen LogP contribution in [0.15, 0.2) is 11.4 Å². The van der Waals surface area contributed by atoms with Crippen LogP contribution in [-0.2, 0) is 9.53 Å². The van der Waals surface area contributed by atoms with Crippen molar-refractivity contribution in [2.75, 3.05) is 6.61 Å². The molecule has 1 aromatic heterocycles. The maximum atomic E-state index is 11.2. The van der Waals surface area contributed by atoms with Crippen molar-refractivity contribution >= 4 is 23.1 Å². The van der Waals surface area contributed by atoms with Crippen LogP contribution in [0.3, 0.4) is 0 Å². The minimum atomic E-state index is -1.24. The molecule has 6 heteroatoms. The Morgan fingerprint density at radius 2 is 2.11 bits per heavy atom. The van der Waals surface area contributed by atoms with Crippen LogP contribution in [-0.4, -0.2) is 34.7 Å². The molecule has 0 aromatic carbocycles. The van der Waals surface area contributed by atoms with Crippen LogP contribution in [0.5, 0.6) is 0 Å². The quantitative estimate of drug-likeness (QED) is 0.602. The van der Waals surface area contributed by atoms with Gasteiger partial charge < -0.3 is 14.9 Å². The number of rotatable bonds is 6. The van der Waals surface area contributed by atoms with Crippen LogP contribution in [0.25, 0.3) is 0 Å². The molecule has 2 N–H and O–H groups in total. The van der Waals surface area contributed by atoms with Gasteiger partial charge in [0.2, 0.25) is 0 Å². The summed E-state index contributed by atoms with van der Waals surface area (Å²) in [5.41, 5.74) is 0.432. The summed E-state index contributed by atoms with van der Waals surface area (Å²) in [5.74, 6) is -0.663. The molecule has 0 spiro atoms. The number of esters is 1. The molecule has 0 radical (unpaired) electrons. The van der Waals surface area contributed by atoms with Gasteiger partial charge in [0.25, 0.3) is 0 Å². The van der Waals surface area contributed by atoms with E-state index in [1.807, 2.05) is 0 Å². The summed E-state index contributed by atoms with van der Waals surface area (Å²) in [4.78, 5) is 22.8. The van der Waals surface area contributed by atoms with Crippen LogP contribution in [0.4, 0.5) is 0 Å². The summed E-state index contributed by atoms with van der Waals surface area (Å²) in [6.07, 6.45) is -2.71. The van der Waals surface area contributed by atoms with Crippen LogP contribution in [0.1, 0.15) is 41.6 Å². The molecule has 2 atom stereocenters. The fourth-order valence-electron chi connectivity index (χ4n) is 1.42. The number of aliphatic hydroxyl groups excluding tert-OH is 2. The van der Waals surface area contributed by atoms with E-state index in [0.717, 1.165) is 0 Å². The highest BCUT2D eigenvalue weighted by atomic mass is 32.1. The molecule has 0 aliphatic rings. The van der Waals surface area contributed by atoms with Crippen molar-refractivity contribution in [2.45, 2.75) is 32.5 Å². The van der Waals surface area contributed by atoms with Gasteiger partial charge in [-0.15, -0.1) is 11.3 Å². The third-order valence-electron chi connectivity index (χ3n) is 2.35. The van der Waals surface area contributed by atoms with Gasteiger partial charge in [0.05, 0.1) is 24.0 Å². The van der Waals surface area contributed by atoms with Gasteiger partial charge in [0.15, 0.2) is 5.78 Å². The van der Waals surface area contributed by atoms with Crippen LogP contribution >= 0.6 is 11.3 Å². The fraction of sp³-hybridized carbons (Fsp3) is 0.500. The van der Waals surface area contributed by atoms with E-state index in [1.165, 1.54) is 24.3 Å². The van der Waals surface area contributed by atoms with Gasteiger partial charge in [0, 0.05) is 0 Å². The second kappa shape index (κ2) is 6.63. The number of hydrogen-bond donors (Lipinski definition) is 2. The molecule has 2 unspecified atom stereocenters. The minimum absolute atomic E-state index is 0.0988. The molecular formula is C12H16O5S. The molecule has 0 aliphatic heterocycles. The van der Waals surface area contributed by atoms with Crippen molar-refractivity contribution in [3.8, 4) is 0 Å². The van der Waals surface area contributed by atoms with Crippen LogP contribution < -0.4 is 0 Å². The number of thiophene rings is 1. The van der Waals surface area contributed by atoms with Crippen LogP contribution in [0.2, 0.25) is 0 Å². The highest BCUT2D eigenvalue weighted by Crippen LogP contribution is 2.25. The second-order valence-corrected chi connectivity index (χ2v) is 4.73. The Morgan fingerprint density at radius 3 is 2.61 bits per heavy atom. The first-order valence-corrected chi connectivity index (χ1v) is 6.44. The van der Waals surface area contributed by atoms with Gasteiger partial charge in [-0.25, -0.2) is 0 Å². The zero-order valence-electron chi connectivity index (χ0n) is 10.3. The van der Waals surface area contributed by atoms with Crippen LogP contribution in [0, 0.1) is 0 Å². The Balaban J connectivity index is 2.64. The van der Waals surface area contributed by atoms with Gasteiger partial charge in [0.1, 0.15) is 6.10 Å². The zero-order chi connectivity index (χ0) is 13.7. The SMILES string of the molecule is CCOC(=O)CC(O)C(O)c1csc(C(C)=O)c1. The lowest BCUT2D eigenvalue weighted by molar-refractivity contribution is -0.147. The summed E-state index contributed by atoms with van der Waals surface area (Å²) >= 11 is 1.20. The summed E-state index contributed by atoms with van der Waals surface area (Å²) in [6.45, 7) is 3.32. The number of aliphatic hydroxyl groups is 2. The molecule has 0 bridgehead atoms. The summed E-state index contributed by atoms with van der Waals surface area (Å²) in [6, 6.07) is 1.52. The minimum Gasteiger partial charge on any atom is -0.466 e. The van der Waals surface area contributed by atoms with Crippen molar-refractivity contribution in [2.24, 2.45) is 0 Å². The summed E-state index contributed by atoms with van der Waals surface area (Å²) in [5, 5.41) is 21.1. The number of hydrogen-bond acceptors (Lipinski definition) is 6. The Hall–Kier alpha value is -1.24. The second-order valence-electron chi connectivity index (χ2n) is 3.82. The largest absolute Gasteiger partial charge is 0.466 e. The van der Waals surface area contributed by atoms with E-state index >= 15 is 0 Å². The molecule has 0 saturated heterocycles. The maximum Gasteiger partial charge on any atom is 0.308 e. The molecule has 0 saturated carbocycles. The first kappa shape index (κ1) is 14.8. The molecule has 100 valence electrons. The Kier molecular flexibility index (Phi) is 5.46. The zero-order valence-corrected chi connectivity index (χ0v) is 11.1. The van der Waals surface area contributed by atoms with E-state index in [-0.39, 0.29) is 18.8 Å². The molecule has 0 fully saturated rings. The van der Waals surface area contributed by atoms with E-state index < -0.39 is 18.2 Å².